The van der Waals surface area contributed by atoms with Crippen LogP contribution in [0, 0.1) is 0 Å². The van der Waals surface area contributed by atoms with E-state index in [-0.39, 0.29) is 10.6 Å². The molecule has 2 nitrogen and oxygen atoms in total. The third-order valence-electron chi connectivity index (χ3n) is 2.20. The average Bonchev–Trinajstić information content (AvgIpc) is 2.28. The van der Waals surface area contributed by atoms with Gasteiger partial charge < -0.3 is 4.74 Å². The molecule has 1 atom stereocenters. The number of halogens is 2. The molecule has 0 radical (unpaired) electrons. The SMILES string of the molecule is CCOc1ccc(CBr)c(C(Br)C(C)=O)c1. The van der Waals surface area contributed by atoms with E-state index in [1.165, 1.54) is 0 Å². The molecule has 0 amide bonds. The summed E-state index contributed by atoms with van der Waals surface area (Å²) >= 11 is 6.82. The Kier molecular flexibility index (Phi) is 5.49. The highest BCUT2D eigenvalue weighted by Gasteiger charge is 2.16. The van der Waals surface area contributed by atoms with Gasteiger partial charge in [-0.05, 0) is 37.1 Å². The summed E-state index contributed by atoms with van der Waals surface area (Å²) < 4.78 is 5.43. The number of benzene rings is 1. The summed E-state index contributed by atoms with van der Waals surface area (Å²) in [6.45, 7) is 4.14. The predicted molar refractivity (Wildman–Crippen MR) is 72.6 cm³/mol. The van der Waals surface area contributed by atoms with E-state index in [2.05, 4.69) is 31.9 Å². The molecule has 0 saturated carbocycles. The number of alkyl halides is 2. The molecule has 1 unspecified atom stereocenters. The molecule has 0 aliphatic rings. The molecule has 0 bridgehead atoms. The van der Waals surface area contributed by atoms with E-state index >= 15 is 0 Å². The molecule has 0 N–H and O–H groups in total. The molecule has 0 spiro atoms. The van der Waals surface area contributed by atoms with E-state index < -0.39 is 0 Å². The van der Waals surface area contributed by atoms with E-state index in [9.17, 15) is 4.79 Å². The van der Waals surface area contributed by atoms with Gasteiger partial charge in [0.05, 0.1) is 11.4 Å². The van der Waals surface area contributed by atoms with Crippen LogP contribution in [0.5, 0.6) is 5.75 Å². The minimum Gasteiger partial charge on any atom is -0.494 e. The molecule has 0 heterocycles. The molecular weight excluding hydrogens is 336 g/mol. The van der Waals surface area contributed by atoms with Crippen molar-refractivity contribution < 1.29 is 9.53 Å². The van der Waals surface area contributed by atoms with Gasteiger partial charge in [-0.3, -0.25) is 4.79 Å². The van der Waals surface area contributed by atoms with Crippen molar-refractivity contribution in [1.29, 1.82) is 0 Å². The van der Waals surface area contributed by atoms with Gasteiger partial charge in [-0.25, -0.2) is 0 Å². The van der Waals surface area contributed by atoms with Crippen molar-refractivity contribution in [2.75, 3.05) is 6.61 Å². The third kappa shape index (κ3) is 3.32. The van der Waals surface area contributed by atoms with Crippen LogP contribution in [0.1, 0.15) is 29.8 Å². The lowest BCUT2D eigenvalue weighted by Gasteiger charge is -2.13. The van der Waals surface area contributed by atoms with Crippen LogP contribution < -0.4 is 4.74 Å². The number of ether oxygens (including phenoxy) is 1. The molecule has 1 rings (SSSR count). The Labute approximate surface area is 113 Å². The first-order chi connectivity index (χ1) is 7.60. The monoisotopic (exact) mass is 348 g/mol. The van der Waals surface area contributed by atoms with E-state index in [1.807, 2.05) is 25.1 Å². The van der Waals surface area contributed by atoms with Gasteiger partial charge in [-0.15, -0.1) is 0 Å². The summed E-state index contributed by atoms with van der Waals surface area (Å²) in [4.78, 5) is 11.1. The Morgan fingerprint density at radius 1 is 1.50 bits per heavy atom. The molecule has 4 heteroatoms. The minimum atomic E-state index is -0.263. The predicted octanol–water partition coefficient (Wildman–Crippen LogP) is 4.01. The average molecular weight is 350 g/mol. The van der Waals surface area contributed by atoms with Crippen molar-refractivity contribution in [3.63, 3.8) is 0 Å². The Morgan fingerprint density at radius 2 is 2.19 bits per heavy atom. The van der Waals surface area contributed by atoms with Crippen molar-refractivity contribution in [2.24, 2.45) is 0 Å². The van der Waals surface area contributed by atoms with Gasteiger partial charge in [-0.2, -0.15) is 0 Å². The summed E-state index contributed by atoms with van der Waals surface area (Å²) in [7, 11) is 0. The van der Waals surface area contributed by atoms with E-state index in [4.69, 9.17) is 4.74 Å². The maximum absolute atomic E-state index is 11.4. The van der Waals surface area contributed by atoms with E-state index in [0.29, 0.717) is 6.61 Å². The fraction of sp³-hybridized carbons (Fsp3) is 0.417. The van der Waals surface area contributed by atoms with Crippen LogP contribution in [-0.2, 0) is 10.1 Å². The lowest BCUT2D eigenvalue weighted by Crippen LogP contribution is -2.05. The van der Waals surface area contributed by atoms with Gasteiger partial charge in [0.15, 0.2) is 0 Å². The maximum Gasteiger partial charge on any atom is 0.147 e. The summed E-state index contributed by atoms with van der Waals surface area (Å²) in [6.07, 6.45) is 0. The Morgan fingerprint density at radius 3 is 2.69 bits per heavy atom. The number of rotatable bonds is 5. The number of hydrogen-bond acceptors (Lipinski definition) is 2. The van der Waals surface area contributed by atoms with Crippen molar-refractivity contribution >= 4 is 37.6 Å². The first-order valence-electron chi connectivity index (χ1n) is 5.06. The van der Waals surface area contributed by atoms with Crippen LogP contribution >= 0.6 is 31.9 Å². The van der Waals surface area contributed by atoms with Crippen LogP contribution in [0.3, 0.4) is 0 Å². The second-order valence-corrected chi connectivity index (χ2v) is 4.88. The second-order valence-electron chi connectivity index (χ2n) is 3.40. The summed E-state index contributed by atoms with van der Waals surface area (Å²) in [5.41, 5.74) is 2.07. The Balaban J connectivity index is 3.11. The molecule has 88 valence electrons. The van der Waals surface area contributed by atoms with Crippen LogP contribution in [-0.4, -0.2) is 12.4 Å². The van der Waals surface area contributed by atoms with E-state index in [1.54, 1.807) is 6.92 Å². The topological polar surface area (TPSA) is 26.3 Å². The van der Waals surface area contributed by atoms with Gasteiger partial charge >= 0.3 is 0 Å². The van der Waals surface area contributed by atoms with E-state index in [0.717, 1.165) is 22.2 Å². The van der Waals surface area contributed by atoms with Crippen molar-refractivity contribution in [3.05, 3.63) is 29.3 Å². The van der Waals surface area contributed by atoms with Crippen molar-refractivity contribution in [1.82, 2.24) is 0 Å². The first-order valence-corrected chi connectivity index (χ1v) is 7.10. The third-order valence-corrected chi connectivity index (χ3v) is 3.94. The number of Topliss-reactive ketones (excluding diaryl/α,β-unsaturated/α-hetero) is 1. The molecule has 0 aliphatic carbocycles. The summed E-state index contributed by atoms with van der Waals surface area (Å²) in [5.74, 6) is 0.892. The standard InChI is InChI=1S/C12H14Br2O2/c1-3-16-10-5-4-9(7-13)11(6-10)12(14)8(2)15/h4-6,12H,3,7H2,1-2H3. The van der Waals surface area contributed by atoms with Gasteiger partial charge in [0.2, 0.25) is 0 Å². The highest BCUT2D eigenvalue weighted by molar-refractivity contribution is 9.09. The second kappa shape index (κ2) is 6.40. The van der Waals surface area contributed by atoms with Crippen LogP contribution in [0.15, 0.2) is 18.2 Å². The fourth-order valence-corrected chi connectivity index (χ4v) is 2.34. The summed E-state index contributed by atoms with van der Waals surface area (Å²) in [6, 6.07) is 5.82. The van der Waals surface area contributed by atoms with Crippen molar-refractivity contribution in [3.8, 4) is 5.75 Å². The molecule has 0 fully saturated rings. The van der Waals surface area contributed by atoms with Gasteiger partial charge in [-0.1, -0.05) is 37.9 Å². The van der Waals surface area contributed by atoms with Gasteiger partial charge in [0, 0.05) is 5.33 Å². The molecule has 1 aromatic rings. The Bertz CT molecular complexity index is 377. The lowest BCUT2D eigenvalue weighted by molar-refractivity contribution is -0.116. The molecular formula is C12H14Br2O2. The highest BCUT2D eigenvalue weighted by atomic mass is 79.9. The molecule has 0 aromatic heterocycles. The zero-order valence-electron chi connectivity index (χ0n) is 9.30. The molecule has 16 heavy (non-hydrogen) atoms. The van der Waals surface area contributed by atoms with Gasteiger partial charge in [0.1, 0.15) is 11.5 Å². The fourth-order valence-electron chi connectivity index (χ4n) is 1.41. The normalized spacial score (nSPS) is 12.2. The van der Waals surface area contributed by atoms with Crippen LogP contribution in [0.25, 0.3) is 0 Å². The number of carbonyl (C=O) groups excluding carboxylic acids is 1. The smallest absolute Gasteiger partial charge is 0.147 e. The largest absolute Gasteiger partial charge is 0.494 e. The zero-order chi connectivity index (χ0) is 12.1. The number of ketones is 1. The molecule has 0 saturated heterocycles. The van der Waals surface area contributed by atoms with Crippen LogP contribution in [0.4, 0.5) is 0 Å². The molecule has 0 aliphatic heterocycles. The Hall–Kier alpha value is -0.350. The van der Waals surface area contributed by atoms with Crippen molar-refractivity contribution in [2.45, 2.75) is 24.0 Å². The first kappa shape index (κ1) is 13.7. The summed E-state index contributed by atoms with van der Waals surface area (Å²) in [5, 5.41) is 0.726. The van der Waals surface area contributed by atoms with Gasteiger partial charge in [0.25, 0.3) is 0 Å². The number of hydrogen-bond donors (Lipinski definition) is 0. The maximum atomic E-state index is 11.4. The molecule has 1 aromatic carbocycles. The number of carbonyl (C=O) groups is 1. The quantitative estimate of drug-likeness (QED) is 0.751. The van der Waals surface area contributed by atoms with Crippen LogP contribution in [0.2, 0.25) is 0 Å². The highest BCUT2D eigenvalue weighted by Crippen LogP contribution is 2.31. The lowest BCUT2D eigenvalue weighted by atomic mass is 10.0. The zero-order valence-corrected chi connectivity index (χ0v) is 12.5. The minimum absolute atomic E-state index is 0.0934.